The summed E-state index contributed by atoms with van der Waals surface area (Å²) in [5, 5.41) is 26.9. The minimum Gasteiger partial charge on any atom is -0.508 e. The third-order valence-electron chi connectivity index (χ3n) is 4.27. The number of carbonyl (C=O) groups excluding carboxylic acids is 1. The highest BCUT2D eigenvalue weighted by Crippen LogP contribution is 2.36. The Labute approximate surface area is 151 Å². The van der Waals surface area contributed by atoms with Crippen LogP contribution in [0.1, 0.15) is 30.9 Å². The first-order chi connectivity index (χ1) is 11.9. The SMILES string of the molecule is CC1=NN(C(=O)CCc2ccccc2O)[C@@](O)(c2ccc(Cl)cc2)C1. The van der Waals surface area contributed by atoms with Crippen LogP contribution in [0.15, 0.2) is 53.6 Å². The highest BCUT2D eigenvalue weighted by molar-refractivity contribution is 6.30. The Kier molecular flexibility index (Phi) is 4.79. The van der Waals surface area contributed by atoms with Crippen LogP contribution < -0.4 is 0 Å². The molecule has 25 heavy (non-hydrogen) atoms. The first-order valence-corrected chi connectivity index (χ1v) is 8.40. The topological polar surface area (TPSA) is 73.1 Å². The molecule has 0 saturated heterocycles. The second-order valence-electron chi connectivity index (χ2n) is 6.17. The number of aromatic hydroxyl groups is 1. The summed E-state index contributed by atoms with van der Waals surface area (Å²) in [6.45, 7) is 1.77. The predicted molar refractivity (Wildman–Crippen MR) is 96.3 cm³/mol. The zero-order chi connectivity index (χ0) is 18.0. The lowest BCUT2D eigenvalue weighted by Gasteiger charge is -2.31. The van der Waals surface area contributed by atoms with Crippen LogP contribution >= 0.6 is 11.6 Å². The van der Waals surface area contributed by atoms with Gasteiger partial charge in [-0.3, -0.25) is 4.79 Å². The van der Waals surface area contributed by atoms with Crippen molar-refractivity contribution in [2.75, 3.05) is 0 Å². The van der Waals surface area contributed by atoms with E-state index < -0.39 is 5.72 Å². The molecule has 1 aliphatic heterocycles. The Morgan fingerprint density at radius 1 is 1.24 bits per heavy atom. The quantitative estimate of drug-likeness (QED) is 0.879. The van der Waals surface area contributed by atoms with Gasteiger partial charge in [-0.15, -0.1) is 0 Å². The normalized spacial score (nSPS) is 19.8. The molecule has 2 aromatic rings. The first kappa shape index (κ1) is 17.5. The van der Waals surface area contributed by atoms with Crippen molar-refractivity contribution in [3.8, 4) is 5.75 Å². The van der Waals surface area contributed by atoms with Crippen molar-refractivity contribution < 1.29 is 15.0 Å². The van der Waals surface area contributed by atoms with Crippen LogP contribution in [0.25, 0.3) is 0 Å². The van der Waals surface area contributed by atoms with Gasteiger partial charge in [0.2, 0.25) is 5.91 Å². The van der Waals surface area contributed by atoms with E-state index in [1.54, 1.807) is 49.4 Å². The van der Waals surface area contributed by atoms with Gasteiger partial charge in [0.05, 0.1) is 0 Å². The van der Waals surface area contributed by atoms with E-state index in [4.69, 9.17) is 11.6 Å². The molecule has 6 heteroatoms. The minimum atomic E-state index is -1.51. The van der Waals surface area contributed by atoms with Crippen LogP contribution in [0.5, 0.6) is 5.75 Å². The number of phenols is 1. The van der Waals surface area contributed by atoms with Gasteiger partial charge in [-0.2, -0.15) is 10.1 Å². The number of hydrogen-bond acceptors (Lipinski definition) is 4. The average molecular weight is 359 g/mol. The third kappa shape index (κ3) is 3.52. The number of amides is 1. The highest BCUT2D eigenvalue weighted by atomic mass is 35.5. The van der Waals surface area contributed by atoms with Crippen LogP contribution in [-0.2, 0) is 16.9 Å². The number of rotatable bonds is 4. The van der Waals surface area contributed by atoms with Gasteiger partial charge < -0.3 is 10.2 Å². The molecule has 5 nitrogen and oxygen atoms in total. The summed E-state index contributed by atoms with van der Waals surface area (Å²) in [5.74, 6) is -0.151. The van der Waals surface area contributed by atoms with Crippen LogP contribution in [0.4, 0.5) is 0 Å². The number of phenolic OH excluding ortho intramolecular Hbond substituents is 1. The van der Waals surface area contributed by atoms with E-state index in [0.717, 1.165) is 5.01 Å². The molecule has 1 atom stereocenters. The number of hydrogen-bond donors (Lipinski definition) is 2. The lowest BCUT2D eigenvalue weighted by atomic mass is 9.97. The Balaban J connectivity index is 1.79. The maximum atomic E-state index is 12.7. The second-order valence-corrected chi connectivity index (χ2v) is 6.61. The maximum Gasteiger partial charge on any atom is 0.245 e. The molecule has 0 aliphatic carbocycles. The summed E-state index contributed by atoms with van der Waals surface area (Å²) in [6, 6.07) is 13.6. The molecule has 0 saturated carbocycles. The van der Waals surface area contributed by atoms with Crippen molar-refractivity contribution in [1.82, 2.24) is 5.01 Å². The number of benzene rings is 2. The highest BCUT2D eigenvalue weighted by Gasteiger charge is 2.44. The molecule has 0 fully saturated rings. The van der Waals surface area contributed by atoms with Crippen LogP contribution in [0.2, 0.25) is 5.02 Å². The second kappa shape index (κ2) is 6.86. The molecule has 0 unspecified atom stereocenters. The number of carbonyl (C=O) groups is 1. The Morgan fingerprint density at radius 2 is 1.92 bits per heavy atom. The van der Waals surface area contributed by atoms with Gasteiger partial charge in [0.1, 0.15) is 5.75 Å². The summed E-state index contributed by atoms with van der Waals surface area (Å²) in [7, 11) is 0. The van der Waals surface area contributed by atoms with E-state index in [2.05, 4.69) is 5.10 Å². The minimum absolute atomic E-state index is 0.129. The number of halogens is 1. The van der Waals surface area contributed by atoms with Gasteiger partial charge in [-0.05, 0) is 37.1 Å². The molecule has 1 amide bonds. The molecular formula is C19H19ClN2O3. The number of aryl methyl sites for hydroxylation is 1. The lowest BCUT2D eigenvalue weighted by molar-refractivity contribution is -0.157. The molecule has 1 aliphatic rings. The smallest absolute Gasteiger partial charge is 0.245 e. The van der Waals surface area contributed by atoms with Gasteiger partial charge >= 0.3 is 0 Å². The number of hydrazone groups is 1. The largest absolute Gasteiger partial charge is 0.508 e. The zero-order valence-corrected chi connectivity index (χ0v) is 14.6. The third-order valence-corrected chi connectivity index (χ3v) is 4.52. The van der Waals surface area contributed by atoms with Crippen LogP contribution in [-0.4, -0.2) is 26.8 Å². The van der Waals surface area contributed by atoms with E-state index in [9.17, 15) is 15.0 Å². The molecule has 0 spiro atoms. The van der Waals surface area contributed by atoms with Crippen molar-refractivity contribution >= 4 is 23.2 Å². The summed E-state index contributed by atoms with van der Waals surface area (Å²) in [6.07, 6.45) is 0.745. The summed E-state index contributed by atoms with van der Waals surface area (Å²) in [5.41, 5.74) is 0.414. The number of aliphatic hydroxyl groups is 1. The predicted octanol–water partition coefficient (Wildman–Crippen LogP) is 3.43. The molecule has 3 rings (SSSR count). The van der Waals surface area contributed by atoms with Crippen LogP contribution in [0, 0.1) is 0 Å². The van der Waals surface area contributed by atoms with Gasteiger partial charge in [0, 0.05) is 29.1 Å². The molecule has 1 heterocycles. The molecule has 2 N–H and O–H groups in total. The lowest BCUT2D eigenvalue weighted by Crippen LogP contribution is -2.43. The van der Waals surface area contributed by atoms with Crippen LogP contribution in [0.3, 0.4) is 0 Å². The molecular weight excluding hydrogens is 340 g/mol. The van der Waals surface area contributed by atoms with E-state index in [1.165, 1.54) is 0 Å². The fourth-order valence-electron chi connectivity index (χ4n) is 2.99. The Bertz CT molecular complexity index is 820. The van der Waals surface area contributed by atoms with Gasteiger partial charge in [0.15, 0.2) is 5.72 Å². The van der Waals surface area contributed by atoms with E-state index in [1.807, 2.05) is 6.07 Å². The standard InChI is InChI=1S/C19H19ClN2O3/c1-13-12-19(25,15-7-9-16(20)10-8-15)22(21-13)18(24)11-6-14-4-2-3-5-17(14)23/h2-5,7-10,23,25H,6,11-12H2,1H3/t19-/m0/s1. The van der Waals surface area contributed by atoms with Crippen molar-refractivity contribution in [3.63, 3.8) is 0 Å². The van der Waals surface area contributed by atoms with Crippen molar-refractivity contribution in [3.05, 3.63) is 64.7 Å². The average Bonchev–Trinajstić information content (AvgIpc) is 2.90. The summed E-state index contributed by atoms with van der Waals surface area (Å²) in [4.78, 5) is 12.7. The fraction of sp³-hybridized carbons (Fsp3) is 0.263. The maximum absolute atomic E-state index is 12.7. The van der Waals surface area contributed by atoms with E-state index >= 15 is 0 Å². The molecule has 130 valence electrons. The summed E-state index contributed by atoms with van der Waals surface area (Å²) >= 11 is 5.91. The monoisotopic (exact) mass is 358 g/mol. The number of nitrogens with zero attached hydrogens (tertiary/aromatic N) is 2. The van der Waals surface area contributed by atoms with E-state index in [-0.39, 0.29) is 24.5 Å². The molecule has 0 aromatic heterocycles. The van der Waals surface area contributed by atoms with Gasteiger partial charge in [-0.1, -0.05) is 41.9 Å². The molecule has 0 radical (unpaired) electrons. The first-order valence-electron chi connectivity index (χ1n) is 8.02. The van der Waals surface area contributed by atoms with Crippen molar-refractivity contribution in [1.29, 1.82) is 0 Å². The van der Waals surface area contributed by atoms with Gasteiger partial charge in [-0.25, -0.2) is 0 Å². The van der Waals surface area contributed by atoms with Gasteiger partial charge in [0.25, 0.3) is 0 Å². The Morgan fingerprint density at radius 3 is 2.60 bits per heavy atom. The van der Waals surface area contributed by atoms with E-state index in [0.29, 0.717) is 28.3 Å². The Hall–Kier alpha value is -2.37. The summed E-state index contributed by atoms with van der Waals surface area (Å²) < 4.78 is 0. The molecule has 0 bridgehead atoms. The fourth-order valence-corrected chi connectivity index (χ4v) is 3.12. The number of para-hydroxylation sites is 1. The zero-order valence-electron chi connectivity index (χ0n) is 13.8. The van der Waals surface area contributed by atoms with Crippen molar-refractivity contribution in [2.24, 2.45) is 5.10 Å². The van der Waals surface area contributed by atoms with Crippen molar-refractivity contribution in [2.45, 2.75) is 31.9 Å². The molecule has 2 aromatic carbocycles.